The van der Waals surface area contributed by atoms with Crippen LogP contribution in [0, 0.1) is 6.92 Å². The van der Waals surface area contributed by atoms with Gasteiger partial charge in [0.05, 0.1) is 19.1 Å². The number of ether oxygens (including phenoxy) is 2. The molecule has 0 saturated carbocycles. The Labute approximate surface area is 125 Å². The van der Waals surface area contributed by atoms with Gasteiger partial charge in [0, 0.05) is 5.56 Å². The number of aryl methyl sites for hydroxylation is 1. The van der Waals surface area contributed by atoms with Crippen molar-refractivity contribution in [2.75, 3.05) is 19.8 Å². The lowest BCUT2D eigenvalue weighted by atomic mass is 10.0. The topological polar surface area (TPSA) is 44.5 Å². The highest BCUT2D eigenvalue weighted by molar-refractivity contribution is 5.40. The molecule has 0 saturated heterocycles. The Morgan fingerprint density at radius 1 is 1.24 bits per heavy atom. The first kappa shape index (κ1) is 14.0. The summed E-state index contributed by atoms with van der Waals surface area (Å²) < 4.78 is 11.7. The third-order valence-corrected chi connectivity index (χ3v) is 3.87. The summed E-state index contributed by atoms with van der Waals surface area (Å²) in [5.74, 6) is 2.22. The predicted octanol–water partition coefficient (Wildman–Crippen LogP) is 3.05. The minimum atomic E-state index is 0.299. The molecule has 0 spiro atoms. The van der Waals surface area contributed by atoms with Crippen molar-refractivity contribution >= 4 is 0 Å². The molecule has 2 N–H and O–H groups in total. The maximum atomic E-state index is 6.05. The van der Waals surface area contributed by atoms with Crippen LogP contribution in [-0.4, -0.2) is 19.8 Å². The summed E-state index contributed by atoms with van der Waals surface area (Å²) in [5.41, 5.74) is 9.35. The monoisotopic (exact) mass is 283 g/mol. The fraction of sp³-hybridized carbons (Fsp3) is 0.333. The molecule has 0 aromatic heterocycles. The van der Waals surface area contributed by atoms with E-state index in [0.29, 0.717) is 25.7 Å². The van der Waals surface area contributed by atoms with Gasteiger partial charge in [0.1, 0.15) is 11.5 Å². The molecule has 110 valence electrons. The molecular weight excluding hydrogens is 262 g/mol. The van der Waals surface area contributed by atoms with Gasteiger partial charge in [-0.15, -0.1) is 0 Å². The van der Waals surface area contributed by atoms with E-state index in [-0.39, 0.29) is 0 Å². The second kappa shape index (κ2) is 6.19. The smallest absolute Gasteiger partial charge is 0.123 e. The van der Waals surface area contributed by atoms with Crippen LogP contribution in [-0.2, 0) is 6.42 Å². The normalized spacial score (nSPS) is 16.4. The first-order valence-electron chi connectivity index (χ1n) is 7.42. The van der Waals surface area contributed by atoms with Gasteiger partial charge in [-0.1, -0.05) is 35.9 Å². The zero-order valence-electron chi connectivity index (χ0n) is 12.3. The van der Waals surface area contributed by atoms with Crippen LogP contribution in [0.3, 0.4) is 0 Å². The summed E-state index contributed by atoms with van der Waals surface area (Å²) in [6, 6.07) is 14.5. The van der Waals surface area contributed by atoms with E-state index in [4.69, 9.17) is 15.2 Å². The molecule has 0 bridgehead atoms. The molecule has 21 heavy (non-hydrogen) atoms. The van der Waals surface area contributed by atoms with Crippen molar-refractivity contribution in [3.8, 4) is 11.5 Å². The quantitative estimate of drug-likeness (QED) is 0.917. The molecule has 1 unspecified atom stereocenters. The van der Waals surface area contributed by atoms with E-state index >= 15 is 0 Å². The molecule has 0 radical (unpaired) electrons. The van der Waals surface area contributed by atoms with E-state index in [1.807, 2.05) is 24.3 Å². The standard InChI is InChI=1S/C18H21NO2/c1-13-6-7-17(14(10-13)8-9-19)20-11-15-12-21-18-5-3-2-4-16(15)18/h2-7,10,15H,8-9,11-12,19H2,1H3. The number of nitrogens with two attached hydrogens (primary N) is 1. The first-order chi connectivity index (χ1) is 10.3. The lowest BCUT2D eigenvalue weighted by Crippen LogP contribution is -2.13. The number of hydrogen-bond acceptors (Lipinski definition) is 3. The van der Waals surface area contributed by atoms with Crippen molar-refractivity contribution in [3.05, 3.63) is 59.2 Å². The van der Waals surface area contributed by atoms with E-state index in [1.165, 1.54) is 16.7 Å². The van der Waals surface area contributed by atoms with Gasteiger partial charge in [-0.25, -0.2) is 0 Å². The van der Waals surface area contributed by atoms with Crippen LogP contribution in [0.2, 0.25) is 0 Å². The summed E-state index contributed by atoms with van der Waals surface area (Å²) >= 11 is 0. The second-order valence-electron chi connectivity index (χ2n) is 5.51. The third-order valence-electron chi connectivity index (χ3n) is 3.87. The predicted molar refractivity (Wildman–Crippen MR) is 84.1 cm³/mol. The maximum absolute atomic E-state index is 6.05. The van der Waals surface area contributed by atoms with Gasteiger partial charge in [0.25, 0.3) is 0 Å². The minimum Gasteiger partial charge on any atom is -0.493 e. The van der Waals surface area contributed by atoms with Crippen LogP contribution < -0.4 is 15.2 Å². The van der Waals surface area contributed by atoms with Crippen molar-refractivity contribution in [1.82, 2.24) is 0 Å². The van der Waals surface area contributed by atoms with Gasteiger partial charge in [-0.05, 0) is 37.6 Å². The van der Waals surface area contributed by atoms with Gasteiger partial charge in [0.2, 0.25) is 0 Å². The van der Waals surface area contributed by atoms with E-state index in [9.17, 15) is 0 Å². The summed E-state index contributed by atoms with van der Waals surface area (Å²) in [5, 5.41) is 0. The van der Waals surface area contributed by atoms with Crippen LogP contribution in [0.15, 0.2) is 42.5 Å². The molecule has 3 rings (SSSR count). The highest BCUT2D eigenvalue weighted by Crippen LogP contribution is 2.34. The van der Waals surface area contributed by atoms with E-state index < -0.39 is 0 Å². The van der Waals surface area contributed by atoms with Crippen molar-refractivity contribution in [3.63, 3.8) is 0 Å². The van der Waals surface area contributed by atoms with Crippen molar-refractivity contribution < 1.29 is 9.47 Å². The van der Waals surface area contributed by atoms with E-state index in [0.717, 1.165) is 17.9 Å². The summed E-state index contributed by atoms with van der Waals surface area (Å²) in [7, 11) is 0. The zero-order chi connectivity index (χ0) is 14.7. The number of hydrogen-bond donors (Lipinski definition) is 1. The molecule has 1 atom stereocenters. The van der Waals surface area contributed by atoms with Crippen LogP contribution in [0.4, 0.5) is 0 Å². The maximum Gasteiger partial charge on any atom is 0.123 e. The number of benzene rings is 2. The summed E-state index contributed by atoms with van der Waals surface area (Å²) in [6.07, 6.45) is 0.842. The van der Waals surface area contributed by atoms with Crippen molar-refractivity contribution in [1.29, 1.82) is 0 Å². The Kier molecular flexibility index (Phi) is 4.11. The first-order valence-corrected chi connectivity index (χ1v) is 7.42. The van der Waals surface area contributed by atoms with Crippen LogP contribution in [0.5, 0.6) is 11.5 Å². The largest absolute Gasteiger partial charge is 0.493 e. The van der Waals surface area contributed by atoms with E-state index in [1.54, 1.807) is 0 Å². The molecule has 1 aliphatic heterocycles. The molecule has 0 amide bonds. The summed E-state index contributed by atoms with van der Waals surface area (Å²) in [4.78, 5) is 0. The van der Waals surface area contributed by atoms with E-state index in [2.05, 4.69) is 25.1 Å². The minimum absolute atomic E-state index is 0.299. The van der Waals surface area contributed by atoms with Crippen molar-refractivity contribution in [2.24, 2.45) is 5.73 Å². The van der Waals surface area contributed by atoms with Crippen LogP contribution >= 0.6 is 0 Å². The average molecular weight is 283 g/mol. The fourth-order valence-electron chi connectivity index (χ4n) is 2.76. The lowest BCUT2D eigenvalue weighted by Gasteiger charge is -2.15. The van der Waals surface area contributed by atoms with Crippen LogP contribution in [0.1, 0.15) is 22.6 Å². The molecular formula is C18H21NO2. The third kappa shape index (κ3) is 3.03. The molecule has 1 aliphatic rings. The molecule has 2 aromatic carbocycles. The Hall–Kier alpha value is -2.00. The zero-order valence-corrected chi connectivity index (χ0v) is 12.3. The van der Waals surface area contributed by atoms with Gasteiger partial charge >= 0.3 is 0 Å². The Bertz CT molecular complexity index is 624. The summed E-state index contributed by atoms with van der Waals surface area (Å²) in [6.45, 7) is 4.05. The Morgan fingerprint density at radius 3 is 2.95 bits per heavy atom. The number of rotatable bonds is 5. The number of para-hydroxylation sites is 1. The highest BCUT2D eigenvalue weighted by atomic mass is 16.5. The van der Waals surface area contributed by atoms with Gasteiger partial charge in [0.15, 0.2) is 0 Å². The average Bonchev–Trinajstić information content (AvgIpc) is 2.90. The highest BCUT2D eigenvalue weighted by Gasteiger charge is 2.24. The van der Waals surface area contributed by atoms with Gasteiger partial charge < -0.3 is 15.2 Å². The van der Waals surface area contributed by atoms with Crippen molar-refractivity contribution in [2.45, 2.75) is 19.3 Å². The molecule has 2 aromatic rings. The Balaban J connectivity index is 1.71. The van der Waals surface area contributed by atoms with Gasteiger partial charge in [-0.2, -0.15) is 0 Å². The molecule has 0 fully saturated rings. The molecule has 1 heterocycles. The SMILES string of the molecule is Cc1ccc(OCC2COc3ccccc32)c(CCN)c1. The molecule has 3 heteroatoms. The lowest BCUT2D eigenvalue weighted by molar-refractivity contribution is 0.247. The Morgan fingerprint density at radius 2 is 2.10 bits per heavy atom. The fourth-order valence-corrected chi connectivity index (χ4v) is 2.76. The van der Waals surface area contributed by atoms with Gasteiger partial charge in [-0.3, -0.25) is 0 Å². The number of fused-ring (bicyclic) bond motifs is 1. The second-order valence-corrected chi connectivity index (χ2v) is 5.51. The molecule has 0 aliphatic carbocycles. The molecule has 3 nitrogen and oxygen atoms in total. The van der Waals surface area contributed by atoms with Crippen LogP contribution in [0.25, 0.3) is 0 Å².